The van der Waals surface area contributed by atoms with Gasteiger partial charge in [-0.1, -0.05) is 93.3 Å². The van der Waals surface area contributed by atoms with Crippen molar-refractivity contribution in [2.45, 2.75) is 71.1 Å². The summed E-state index contributed by atoms with van der Waals surface area (Å²) in [7, 11) is 0. The largest absolute Gasteiger partial charge is 0.494 e. The third-order valence-electron chi connectivity index (χ3n) is 9.50. The molecule has 0 heterocycles. The molecule has 4 rings (SSSR count). The molecule has 0 saturated carbocycles. The van der Waals surface area contributed by atoms with Crippen LogP contribution in [0, 0.1) is 6.92 Å². The molecule has 0 amide bonds. The first-order valence-corrected chi connectivity index (χ1v) is 22.5. The molecule has 0 aromatic heterocycles. The van der Waals surface area contributed by atoms with E-state index in [0.717, 1.165) is 58.5 Å². The lowest BCUT2D eigenvalue weighted by Gasteiger charge is -2.10. The second-order valence-corrected chi connectivity index (χ2v) is 14.9. The fourth-order valence-corrected chi connectivity index (χ4v) is 6.28. The van der Waals surface area contributed by atoms with Crippen molar-refractivity contribution in [3.8, 4) is 28.4 Å². The highest BCUT2D eigenvalue weighted by molar-refractivity contribution is 7.80. The number of benzene rings is 4. The molecule has 0 aliphatic carbocycles. The second kappa shape index (κ2) is 32.8. The predicted octanol–water partition coefficient (Wildman–Crippen LogP) is 11.8. The highest BCUT2D eigenvalue weighted by Crippen LogP contribution is 2.25. The summed E-state index contributed by atoms with van der Waals surface area (Å²) >= 11 is 4.28. The lowest BCUT2D eigenvalue weighted by atomic mass is 10.1. The number of aryl methyl sites for hydroxylation is 1. The van der Waals surface area contributed by atoms with Gasteiger partial charge in [-0.2, -0.15) is 22.9 Å². The Morgan fingerprint density at radius 1 is 0.333 bits per heavy atom. The lowest BCUT2D eigenvalue weighted by molar-refractivity contribution is -0.0141. The molecule has 11 heteroatoms. The van der Waals surface area contributed by atoms with Crippen molar-refractivity contribution in [3.05, 3.63) is 103 Å². The van der Waals surface area contributed by atoms with E-state index in [9.17, 15) is 0 Å². The summed E-state index contributed by atoms with van der Waals surface area (Å²) in [6, 6.07) is 31.9. The minimum atomic E-state index is 0.451. The molecule has 4 aromatic carbocycles. The van der Waals surface area contributed by atoms with Gasteiger partial charge in [0.15, 0.2) is 0 Å². The maximum atomic E-state index is 5.98. The van der Waals surface area contributed by atoms with Crippen LogP contribution in [0.4, 0.5) is 11.4 Å². The molecule has 0 aliphatic rings. The molecule has 0 atom stereocenters. The van der Waals surface area contributed by atoms with Crippen LogP contribution in [-0.2, 0) is 23.7 Å². The molecule has 60 heavy (non-hydrogen) atoms. The Balaban J connectivity index is 0.871. The topological polar surface area (TPSA) is 98.6 Å². The Morgan fingerprint density at radius 3 is 1.02 bits per heavy atom. The molecule has 0 spiro atoms. The van der Waals surface area contributed by atoms with Crippen LogP contribution in [0.15, 0.2) is 107 Å². The summed E-state index contributed by atoms with van der Waals surface area (Å²) in [5.41, 5.74) is 5.07. The third kappa shape index (κ3) is 23.1. The SMILES string of the molecule is Cc1ccc(N=Nc2ccc(OCCOCCOCCOCCOCCOCCOc3ccc(-c4ccc(OCCCCCCCCCCCCS)cc4)cc3)cc2)cc1. The van der Waals surface area contributed by atoms with Crippen molar-refractivity contribution in [1.29, 1.82) is 0 Å². The van der Waals surface area contributed by atoms with Crippen molar-refractivity contribution in [2.75, 3.05) is 91.6 Å². The van der Waals surface area contributed by atoms with Crippen LogP contribution < -0.4 is 14.2 Å². The average Bonchev–Trinajstić information content (AvgIpc) is 3.28. The van der Waals surface area contributed by atoms with Crippen molar-refractivity contribution in [2.24, 2.45) is 10.2 Å². The molecule has 0 aliphatic heterocycles. The van der Waals surface area contributed by atoms with Gasteiger partial charge in [0.1, 0.15) is 30.5 Å². The first kappa shape index (κ1) is 48.7. The predicted molar refractivity (Wildman–Crippen MR) is 244 cm³/mol. The van der Waals surface area contributed by atoms with Gasteiger partial charge in [-0.25, -0.2) is 0 Å². The zero-order valence-electron chi connectivity index (χ0n) is 35.8. The summed E-state index contributed by atoms with van der Waals surface area (Å²) in [4.78, 5) is 0. The Hall–Kier alpha value is -3.97. The Morgan fingerprint density at radius 2 is 0.633 bits per heavy atom. The number of hydrogen-bond donors (Lipinski definition) is 1. The van der Waals surface area contributed by atoms with Gasteiger partial charge in [-0.05, 0) is 97.3 Å². The van der Waals surface area contributed by atoms with Crippen molar-refractivity contribution in [3.63, 3.8) is 0 Å². The summed E-state index contributed by atoms with van der Waals surface area (Å²) < 4.78 is 45.5. The van der Waals surface area contributed by atoms with Gasteiger partial charge >= 0.3 is 0 Å². The Labute approximate surface area is 364 Å². The number of ether oxygens (including phenoxy) is 8. The molecule has 0 N–H and O–H groups in total. The zero-order valence-corrected chi connectivity index (χ0v) is 36.7. The summed E-state index contributed by atoms with van der Waals surface area (Å²) in [5.74, 6) is 3.52. The third-order valence-corrected chi connectivity index (χ3v) is 9.81. The van der Waals surface area contributed by atoms with E-state index in [1.807, 2.05) is 67.6 Å². The van der Waals surface area contributed by atoms with Crippen molar-refractivity contribution in [1.82, 2.24) is 0 Å². The first-order chi connectivity index (χ1) is 29.7. The fourth-order valence-electron chi connectivity index (χ4n) is 6.06. The molecule has 0 saturated heterocycles. The summed E-state index contributed by atoms with van der Waals surface area (Å²) in [6.45, 7) is 8.72. The number of unbranched alkanes of at least 4 members (excludes halogenated alkanes) is 9. The van der Waals surface area contributed by atoms with E-state index < -0.39 is 0 Å². The highest BCUT2D eigenvalue weighted by Gasteiger charge is 2.03. The van der Waals surface area contributed by atoms with Gasteiger partial charge in [0.25, 0.3) is 0 Å². The van der Waals surface area contributed by atoms with Crippen LogP contribution in [0.2, 0.25) is 0 Å². The maximum absolute atomic E-state index is 5.98. The lowest BCUT2D eigenvalue weighted by Crippen LogP contribution is -2.15. The number of hydrogen-bond acceptors (Lipinski definition) is 11. The van der Waals surface area contributed by atoms with E-state index in [1.54, 1.807) is 0 Å². The quantitative estimate of drug-likeness (QED) is 0.0275. The molecular weight excluding hydrogens is 777 g/mol. The van der Waals surface area contributed by atoms with Gasteiger partial charge in [0.2, 0.25) is 0 Å². The molecule has 0 fully saturated rings. The number of rotatable bonds is 36. The molecule has 4 aromatic rings. The van der Waals surface area contributed by atoms with Crippen LogP contribution in [-0.4, -0.2) is 91.6 Å². The minimum absolute atomic E-state index is 0.451. The van der Waals surface area contributed by atoms with Crippen LogP contribution in [0.3, 0.4) is 0 Å². The van der Waals surface area contributed by atoms with E-state index in [0.29, 0.717) is 79.3 Å². The van der Waals surface area contributed by atoms with Crippen LogP contribution in [0.25, 0.3) is 11.1 Å². The Kier molecular flexibility index (Phi) is 26.6. The van der Waals surface area contributed by atoms with Gasteiger partial charge in [0.05, 0.1) is 84.1 Å². The van der Waals surface area contributed by atoms with Crippen molar-refractivity contribution < 1.29 is 37.9 Å². The molecule has 0 bridgehead atoms. The normalized spacial score (nSPS) is 11.4. The van der Waals surface area contributed by atoms with E-state index in [2.05, 4.69) is 59.3 Å². The summed E-state index contributed by atoms with van der Waals surface area (Å²) in [6.07, 6.45) is 13.0. The minimum Gasteiger partial charge on any atom is -0.494 e. The Bertz CT molecular complexity index is 1640. The number of nitrogens with zero attached hydrogens (tertiary/aromatic N) is 2. The van der Waals surface area contributed by atoms with Crippen LogP contribution in [0.5, 0.6) is 17.2 Å². The van der Waals surface area contributed by atoms with E-state index in [-0.39, 0.29) is 0 Å². The number of azo groups is 1. The molecule has 10 nitrogen and oxygen atoms in total. The van der Waals surface area contributed by atoms with E-state index >= 15 is 0 Å². The number of thiol groups is 1. The van der Waals surface area contributed by atoms with E-state index in [4.69, 9.17) is 37.9 Å². The smallest absolute Gasteiger partial charge is 0.119 e. The standard InChI is InChI=1S/C49H68N2O8S/c1-42-12-18-45(19-13-42)50-51-46-20-26-49(27-21-46)59-40-38-56-36-34-54-32-30-52-29-31-53-33-35-55-37-39-58-48-24-16-44(17-25-48)43-14-22-47(23-15-43)57-28-10-8-6-4-2-3-5-7-9-11-41-60/h12-27,60H,2-11,28-41H2,1H3. The molecular formula is C49H68N2O8S. The molecule has 0 unspecified atom stereocenters. The van der Waals surface area contributed by atoms with Gasteiger partial charge < -0.3 is 37.9 Å². The summed E-state index contributed by atoms with van der Waals surface area (Å²) in [5, 5.41) is 8.52. The van der Waals surface area contributed by atoms with Crippen molar-refractivity contribution >= 4 is 24.0 Å². The van der Waals surface area contributed by atoms with Crippen LogP contribution in [0.1, 0.15) is 69.8 Å². The van der Waals surface area contributed by atoms with E-state index in [1.165, 1.54) is 63.4 Å². The van der Waals surface area contributed by atoms with Gasteiger partial charge in [0, 0.05) is 0 Å². The van der Waals surface area contributed by atoms with Crippen LogP contribution >= 0.6 is 12.6 Å². The molecule has 0 radical (unpaired) electrons. The monoisotopic (exact) mass is 844 g/mol. The van der Waals surface area contributed by atoms with Gasteiger partial charge in [-0.15, -0.1) is 0 Å². The highest BCUT2D eigenvalue weighted by atomic mass is 32.1. The first-order valence-electron chi connectivity index (χ1n) is 21.9. The average molecular weight is 845 g/mol. The second-order valence-electron chi connectivity index (χ2n) is 14.4. The van der Waals surface area contributed by atoms with Gasteiger partial charge in [-0.3, -0.25) is 0 Å². The fraction of sp³-hybridized carbons (Fsp3) is 0.510. The zero-order chi connectivity index (χ0) is 42.0. The molecule has 328 valence electrons. The maximum Gasteiger partial charge on any atom is 0.119 e.